The summed E-state index contributed by atoms with van der Waals surface area (Å²) in [7, 11) is 0. The normalized spacial score (nSPS) is 9.63. The number of ether oxygens (including phenoxy) is 1. The lowest BCUT2D eigenvalue weighted by Gasteiger charge is -2.09. The minimum absolute atomic E-state index is 0.259. The molecule has 0 bridgehead atoms. The number of rotatable bonds is 3. The molecule has 0 aliphatic rings. The van der Waals surface area contributed by atoms with E-state index < -0.39 is 5.91 Å². The van der Waals surface area contributed by atoms with Gasteiger partial charge in [0.2, 0.25) is 5.91 Å². The van der Waals surface area contributed by atoms with E-state index >= 15 is 0 Å². The highest BCUT2D eigenvalue weighted by molar-refractivity contribution is 5.93. The predicted octanol–water partition coefficient (Wildman–Crippen LogP) is 2.03. The number of benzene rings is 2. The molecule has 0 radical (unpaired) electrons. The van der Waals surface area contributed by atoms with Crippen LogP contribution in [0.3, 0.4) is 0 Å². The molecule has 0 aliphatic heterocycles. The van der Waals surface area contributed by atoms with Gasteiger partial charge in [0.1, 0.15) is 11.8 Å². The average Bonchev–Trinajstić information content (AvgIpc) is 2.41. The molecule has 0 unspecified atom stereocenters. The Bertz CT molecular complexity index is 675. The molecule has 0 spiro atoms. The third-order valence-electron chi connectivity index (χ3n) is 2.53. The molecule has 0 saturated carbocycles. The summed E-state index contributed by atoms with van der Waals surface area (Å²) in [6.07, 6.45) is 0. The molecule has 2 rings (SSSR count). The molecule has 19 heavy (non-hydrogen) atoms. The van der Waals surface area contributed by atoms with Gasteiger partial charge in [-0.05, 0) is 30.3 Å². The van der Waals surface area contributed by atoms with E-state index in [1.165, 1.54) is 6.07 Å². The molecular weight excluding hydrogens is 242 g/mol. The monoisotopic (exact) mass is 253 g/mol. The minimum atomic E-state index is -0.538. The van der Waals surface area contributed by atoms with Gasteiger partial charge in [-0.25, -0.2) is 0 Å². The van der Waals surface area contributed by atoms with Crippen LogP contribution in [-0.2, 0) is 0 Å². The van der Waals surface area contributed by atoms with Crippen LogP contribution >= 0.6 is 0 Å². The molecule has 4 N–H and O–H groups in total. The molecule has 5 nitrogen and oxygen atoms in total. The summed E-state index contributed by atoms with van der Waals surface area (Å²) in [6, 6.07) is 13.3. The third-order valence-corrected chi connectivity index (χ3v) is 2.53. The summed E-state index contributed by atoms with van der Waals surface area (Å²) >= 11 is 0. The van der Waals surface area contributed by atoms with Crippen molar-refractivity contribution in [2.75, 3.05) is 5.73 Å². The summed E-state index contributed by atoms with van der Waals surface area (Å²) in [5, 5.41) is 8.88. The molecule has 0 fully saturated rings. The van der Waals surface area contributed by atoms with E-state index in [4.69, 9.17) is 21.5 Å². The van der Waals surface area contributed by atoms with Crippen LogP contribution in [0.4, 0.5) is 5.69 Å². The number of carbonyl (C=O) groups excluding carboxylic acids is 1. The summed E-state index contributed by atoms with van der Waals surface area (Å²) in [6.45, 7) is 0. The van der Waals surface area contributed by atoms with Crippen molar-refractivity contribution in [3.63, 3.8) is 0 Å². The van der Waals surface area contributed by atoms with Gasteiger partial charge in [-0.3, -0.25) is 4.79 Å². The molecular formula is C14H11N3O2. The third kappa shape index (κ3) is 2.64. The Labute approximate surface area is 110 Å². The second kappa shape index (κ2) is 5.10. The highest BCUT2D eigenvalue weighted by Gasteiger charge is 2.08. The van der Waals surface area contributed by atoms with Gasteiger partial charge in [-0.1, -0.05) is 12.1 Å². The highest BCUT2D eigenvalue weighted by atomic mass is 16.5. The zero-order valence-electron chi connectivity index (χ0n) is 9.96. The van der Waals surface area contributed by atoms with E-state index in [1.807, 2.05) is 6.07 Å². The number of nitrogens with zero attached hydrogens (tertiary/aromatic N) is 1. The maximum absolute atomic E-state index is 11.1. The number of nitriles is 1. The topological polar surface area (TPSA) is 102 Å². The van der Waals surface area contributed by atoms with Crippen LogP contribution in [0.25, 0.3) is 0 Å². The molecule has 94 valence electrons. The Balaban J connectivity index is 2.34. The maximum Gasteiger partial charge on any atom is 0.248 e. The predicted molar refractivity (Wildman–Crippen MR) is 70.6 cm³/mol. The SMILES string of the molecule is N#Cc1cccc(Oc2cccc(C(N)=O)c2)c1N. The Morgan fingerprint density at radius 3 is 2.63 bits per heavy atom. The van der Waals surface area contributed by atoms with Crippen LogP contribution in [-0.4, -0.2) is 5.91 Å². The Morgan fingerprint density at radius 2 is 1.95 bits per heavy atom. The standard InChI is InChI=1S/C14H11N3O2/c15-8-10-4-2-6-12(13(10)16)19-11-5-1-3-9(7-11)14(17)18/h1-7H,16H2,(H2,17,18). The number of hydrogen-bond acceptors (Lipinski definition) is 4. The highest BCUT2D eigenvalue weighted by Crippen LogP contribution is 2.29. The lowest BCUT2D eigenvalue weighted by atomic mass is 10.2. The molecule has 0 aliphatic carbocycles. The van der Waals surface area contributed by atoms with Crippen LogP contribution in [0.1, 0.15) is 15.9 Å². The fourth-order valence-corrected chi connectivity index (χ4v) is 1.57. The van der Waals surface area contributed by atoms with Crippen molar-refractivity contribution >= 4 is 11.6 Å². The van der Waals surface area contributed by atoms with Crippen molar-refractivity contribution < 1.29 is 9.53 Å². The van der Waals surface area contributed by atoms with E-state index in [-0.39, 0.29) is 5.69 Å². The van der Waals surface area contributed by atoms with E-state index in [0.717, 1.165) is 0 Å². The zero-order chi connectivity index (χ0) is 13.8. The Morgan fingerprint density at radius 1 is 1.21 bits per heavy atom. The quantitative estimate of drug-likeness (QED) is 0.817. The van der Waals surface area contributed by atoms with Crippen LogP contribution in [0, 0.1) is 11.3 Å². The average molecular weight is 253 g/mol. The minimum Gasteiger partial charge on any atom is -0.455 e. The van der Waals surface area contributed by atoms with Crippen molar-refractivity contribution in [3.8, 4) is 17.6 Å². The number of para-hydroxylation sites is 1. The van der Waals surface area contributed by atoms with Gasteiger partial charge in [0.25, 0.3) is 0 Å². The molecule has 5 heteroatoms. The second-order valence-corrected chi connectivity index (χ2v) is 3.82. The fraction of sp³-hybridized carbons (Fsp3) is 0. The Kier molecular flexibility index (Phi) is 3.35. The van der Waals surface area contributed by atoms with Crippen molar-refractivity contribution in [2.24, 2.45) is 5.73 Å². The van der Waals surface area contributed by atoms with Gasteiger partial charge in [-0.2, -0.15) is 5.26 Å². The summed E-state index contributed by atoms with van der Waals surface area (Å²) in [5.41, 5.74) is 11.9. The first-order valence-electron chi connectivity index (χ1n) is 5.48. The molecule has 0 atom stereocenters. The molecule has 0 aromatic heterocycles. The smallest absolute Gasteiger partial charge is 0.248 e. The maximum atomic E-state index is 11.1. The van der Waals surface area contributed by atoms with Gasteiger partial charge >= 0.3 is 0 Å². The second-order valence-electron chi connectivity index (χ2n) is 3.82. The first-order valence-corrected chi connectivity index (χ1v) is 5.48. The van der Waals surface area contributed by atoms with Crippen LogP contribution in [0.2, 0.25) is 0 Å². The van der Waals surface area contributed by atoms with Crippen molar-refractivity contribution in [1.29, 1.82) is 5.26 Å². The molecule has 0 heterocycles. The van der Waals surface area contributed by atoms with Crippen LogP contribution < -0.4 is 16.2 Å². The number of hydrogen-bond donors (Lipinski definition) is 2. The molecule has 1 amide bonds. The van der Waals surface area contributed by atoms with Gasteiger partial charge in [-0.15, -0.1) is 0 Å². The van der Waals surface area contributed by atoms with Crippen LogP contribution in [0.15, 0.2) is 42.5 Å². The number of nitrogens with two attached hydrogens (primary N) is 2. The number of amides is 1. The van der Waals surface area contributed by atoms with E-state index in [1.54, 1.807) is 36.4 Å². The van der Waals surface area contributed by atoms with Gasteiger partial charge in [0, 0.05) is 5.56 Å². The fourth-order valence-electron chi connectivity index (χ4n) is 1.57. The van der Waals surface area contributed by atoms with E-state index in [9.17, 15) is 4.79 Å². The largest absolute Gasteiger partial charge is 0.455 e. The number of carbonyl (C=O) groups is 1. The summed E-state index contributed by atoms with van der Waals surface area (Å²) in [4.78, 5) is 11.1. The number of primary amides is 1. The lowest BCUT2D eigenvalue weighted by Crippen LogP contribution is -2.10. The van der Waals surface area contributed by atoms with Crippen LogP contribution in [0.5, 0.6) is 11.5 Å². The van der Waals surface area contributed by atoms with Gasteiger partial charge in [0.15, 0.2) is 5.75 Å². The zero-order valence-corrected chi connectivity index (χ0v) is 9.96. The summed E-state index contributed by atoms with van der Waals surface area (Å²) in [5.74, 6) is 0.253. The number of nitrogen functional groups attached to an aromatic ring is 1. The van der Waals surface area contributed by atoms with Gasteiger partial charge < -0.3 is 16.2 Å². The first kappa shape index (κ1) is 12.5. The first-order chi connectivity index (χ1) is 9.11. The molecule has 2 aromatic rings. The van der Waals surface area contributed by atoms with E-state index in [0.29, 0.717) is 22.6 Å². The van der Waals surface area contributed by atoms with Gasteiger partial charge in [0.05, 0.1) is 11.3 Å². The van der Waals surface area contributed by atoms with Crippen molar-refractivity contribution in [3.05, 3.63) is 53.6 Å². The summed E-state index contributed by atoms with van der Waals surface area (Å²) < 4.78 is 5.56. The number of anilines is 1. The van der Waals surface area contributed by atoms with Crippen molar-refractivity contribution in [2.45, 2.75) is 0 Å². The molecule has 2 aromatic carbocycles. The van der Waals surface area contributed by atoms with Crippen molar-refractivity contribution in [1.82, 2.24) is 0 Å². The van der Waals surface area contributed by atoms with E-state index in [2.05, 4.69) is 0 Å². The lowest BCUT2D eigenvalue weighted by molar-refractivity contribution is 0.1000. The Hall–Kier alpha value is -3.00. The molecule has 0 saturated heterocycles.